The minimum Gasteiger partial charge on any atom is -0.394 e. The summed E-state index contributed by atoms with van der Waals surface area (Å²) in [6.07, 6.45) is 7.71. The van der Waals surface area contributed by atoms with Gasteiger partial charge in [-0.15, -0.1) is 0 Å². The summed E-state index contributed by atoms with van der Waals surface area (Å²) < 4.78 is 0. The van der Waals surface area contributed by atoms with E-state index in [9.17, 15) is 5.11 Å². The third-order valence-corrected chi connectivity index (χ3v) is 4.71. The van der Waals surface area contributed by atoms with E-state index in [1.54, 1.807) is 0 Å². The van der Waals surface area contributed by atoms with Crippen molar-refractivity contribution in [3.63, 3.8) is 0 Å². The van der Waals surface area contributed by atoms with Crippen molar-refractivity contribution >= 4 is 0 Å². The Kier molecular flexibility index (Phi) is 8.08. The number of aliphatic hydroxyl groups is 1. The Labute approximate surface area is 126 Å². The molecule has 1 aliphatic rings. The van der Waals surface area contributed by atoms with Crippen LogP contribution < -0.4 is 5.32 Å². The SMILES string of the molecule is CCC1CCCN(CCCC(C)(CO)NC(C)C)CC1. The number of likely N-dealkylation sites (tertiary alicyclic amines) is 1. The van der Waals surface area contributed by atoms with E-state index in [0.717, 1.165) is 12.3 Å². The average Bonchev–Trinajstić information content (AvgIpc) is 2.63. The van der Waals surface area contributed by atoms with Gasteiger partial charge in [0.05, 0.1) is 6.61 Å². The molecule has 1 aliphatic heterocycles. The van der Waals surface area contributed by atoms with Crippen LogP contribution in [0.1, 0.15) is 66.2 Å². The molecule has 1 rings (SSSR count). The van der Waals surface area contributed by atoms with Crippen LogP contribution in [0, 0.1) is 5.92 Å². The molecule has 0 aliphatic carbocycles. The summed E-state index contributed by atoms with van der Waals surface area (Å²) in [6, 6.07) is 0.427. The first-order chi connectivity index (χ1) is 9.49. The Morgan fingerprint density at radius 1 is 1.30 bits per heavy atom. The minimum absolute atomic E-state index is 0.119. The normalized spacial score (nSPS) is 24.6. The molecule has 0 aromatic rings. The highest BCUT2D eigenvalue weighted by atomic mass is 16.3. The molecule has 20 heavy (non-hydrogen) atoms. The highest BCUT2D eigenvalue weighted by Gasteiger charge is 2.24. The Morgan fingerprint density at radius 2 is 2.05 bits per heavy atom. The summed E-state index contributed by atoms with van der Waals surface area (Å²) in [5.74, 6) is 0.949. The molecule has 3 nitrogen and oxygen atoms in total. The first-order valence-electron chi connectivity index (χ1n) is 8.60. The van der Waals surface area contributed by atoms with Crippen molar-refractivity contribution in [2.45, 2.75) is 77.8 Å². The average molecular weight is 284 g/mol. The van der Waals surface area contributed by atoms with E-state index in [1.807, 2.05) is 0 Å². The van der Waals surface area contributed by atoms with Crippen molar-refractivity contribution in [1.82, 2.24) is 10.2 Å². The molecule has 0 aromatic heterocycles. The monoisotopic (exact) mass is 284 g/mol. The van der Waals surface area contributed by atoms with Crippen molar-refractivity contribution in [2.24, 2.45) is 5.92 Å². The molecule has 3 heteroatoms. The molecule has 2 N–H and O–H groups in total. The summed E-state index contributed by atoms with van der Waals surface area (Å²) in [4.78, 5) is 2.63. The van der Waals surface area contributed by atoms with E-state index in [4.69, 9.17) is 0 Å². The number of nitrogens with one attached hydrogen (secondary N) is 1. The Morgan fingerprint density at radius 3 is 2.65 bits per heavy atom. The van der Waals surface area contributed by atoms with Crippen LogP contribution in [0.4, 0.5) is 0 Å². The highest BCUT2D eigenvalue weighted by molar-refractivity contribution is 4.84. The number of hydrogen-bond donors (Lipinski definition) is 2. The summed E-state index contributed by atoms with van der Waals surface area (Å²) >= 11 is 0. The molecule has 0 saturated carbocycles. The fourth-order valence-corrected chi connectivity index (χ4v) is 3.44. The topological polar surface area (TPSA) is 35.5 Å². The second-order valence-electron chi connectivity index (χ2n) is 7.17. The second-order valence-corrected chi connectivity index (χ2v) is 7.17. The molecule has 1 heterocycles. The summed E-state index contributed by atoms with van der Waals surface area (Å²) in [5, 5.41) is 13.1. The Balaban J connectivity index is 2.28. The zero-order chi connectivity index (χ0) is 15.0. The van der Waals surface area contributed by atoms with Gasteiger partial charge in [0.1, 0.15) is 0 Å². The molecule has 2 unspecified atom stereocenters. The van der Waals surface area contributed by atoms with Crippen LogP contribution in [0.5, 0.6) is 0 Å². The van der Waals surface area contributed by atoms with Crippen molar-refractivity contribution in [3.05, 3.63) is 0 Å². The van der Waals surface area contributed by atoms with Crippen LogP contribution in [0.15, 0.2) is 0 Å². The zero-order valence-corrected chi connectivity index (χ0v) is 14.1. The lowest BCUT2D eigenvalue weighted by Crippen LogP contribution is -2.49. The summed E-state index contributed by atoms with van der Waals surface area (Å²) in [7, 11) is 0. The molecule has 2 atom stereocenters. The molecular formula is C17H36N2O. The first kappa shape index (κ1) is 17.9. The van der Waals surface area contributed by atoms with Crippen molar-refractivity contribution in [1.29, 1.82) is 0 Å². The van der Waals surface area contributed by atoms with Crippen molar-refractivity contribution < 1.29 is 5.11 Å². The second kappa shape index (κ2) is 9.01. The standard InChI is InChI=1S/C17H36N2O/c1-5-16-8-6-11-19(13-9-16)12-7-10-17(4,14-20)18-15(2)3/h15-16,18,20H,5-14H2,1-4H3. The minimum atomic E-state index is -0.119. The van der Waals surface area contributed by atoms with Gasteiger partial charge in [-0.2, -0.15) is 0 Å². The number of aliphatic hydroxyl groups excluding tert-OH is 1. The summed E-state index contributed by atoms with van der Waals surface area (Å²) in [6.45, 7) is 12.7. The van der Waals surface area contributed by atoms with Gasteiger partial charge >= 0.3 is 0 Å². The predicted molar refractivity (Wildman–Crippen MR) is 87.1 cm³/mol. The lowest BCUT2D eigenvalue weighted by atomic mass is 9.95. The van der Waals surface area contributed by atoms with Crippen LogP contribution in [0.3, 0.4) is 0 Å². The fourth-order valence-electron chi connectivity index (χ4n) is 3.44. The number of hydrogen-bond acceptors (Lipinski definition) is 3. The summed E-state index contributed by atoms with van der Waals surface area (Å²) in [5.41, 5.74) is -0.119. The van der Waals surface area contributed by atoms with E-state index in [2.05, 4.69) is 37.9 Å². The van der Waals surface area contributed by atoms with Gasteiger partial charge in [0.25, 0.3) is 0 Å². The van der Waals surface area contributed by atoms with Gasteiger partial charge in [-0.3, -0.25) is 0 Å². The first-order valence-corrected chi connectivity index (χ1v) is 8.60. The maximum absolute atomic E-state index is 9.61. The molecule has 0 amide bonds. The Bertz CT molecular complexity index is 257. The van der Waals surface area contributed by atoms with E-state index >= 15 is 0 Å². The smallest absolute Gasteiger partial charge is 0.0610 e. The Hall–Kier alpha value is -0.120. The van der Waals surface area contributed by atoms with E-state index in [0.29, 0.717) is 6.04 Å². The number of nitrogens with zero attached hydrogens (tertiary/aromatic N) is 1. The molecule has 1 saturated heterocycles. The van der Waals surface area contributed by atoms with Crippen LogP contribution in [0.25, 0.3) is 0 Å². The van der Waals surface area contributed by atoms with Crippen LogP contribution in [0.2, 0.25) is 0 Å². The zero-order valence-electron chi connectivity index (χ0n) is 14.1. The molecule has 1 fully saturated rings. The predicted octanol–water partition coefficient (Wildman–Crippen LogP) is 3.03. The maximum atomic E-state index is 9.61. The van der Waals surface area contributed by atoms with Crippen LogP contribution in [-0.4, -0.2) is 47.8 Å². The van der Waals surface area contributed by atoms with Crippen LogP contribution in [-0.2, 0) is 0 Å². The maximum Gasteiger partial charge on any atom is 0.0610 e. The van der Waals surface area contributed by atoms with Gasteiger partial charge < -0.3 is 15.3 Å². The molecular weight excluding hydrogens is 248 g/mol. The lowest BCUT2D eigenvalue weighted by Gasteiger charge is -2.32. The van der Waals surface area contributed by atoms with Gasteiger partial charge in [-0.25, -0.2) is 0 Å². The third-order valence-electron chi connectivity index (χ3n) is 4.71. The van der Waals surface area contributed by atoms with Gasteiger partial charge in [0.15, 0.2) is 0 Å². The number of rotatable bonds is 8. The third kappa shape index (κ3) is 6.55. The molecule has 0 bridgehead atoms. The van der Waals surface area contributed by atoms with E-state index in [1.165, 1.54) is 51.7 Å². The van der Waals surface area contributed by atoms with Crippen molar-refractivity contribution in [2.75, 3.05) is 26.2 Å². The lowest BCUT2D eigenvalue weighted by molar-refractivity contribution is 0.148. The van der Waals surface area contributed by atoms with E-state index in [-0.39, 0.29) is 12.1 Å². The molecule has 0 aromatic carbocycles. The van der Waals surface area contributed by atoms with Gasteiger partial charge in [0, 0.05) is 11.6 Å². The highest BCUT2D eigenvalue weighted by Crippen LogP contribution is 2.21. The quantitative estimate of drug-likeness (QED) is 0.719. The van der Waals surface area contributed by atoms with Crippen molar-refractivity contribution in [3.8, 4) is 0 Å². The largest absolute Gasteiger partial charge is 0.394 e. The van der Waals surface area contributed by atoms with Gasteiger partial charge in [-0.1, -0.05) is 27.2 Å². The van der Waals surface area contributed by atoms with Gasteiger partial charge in [-0.05, 0) is 64.6 Å². The molecule has 0 spiro atoms. The van der Waals surface area contributed by atoms with E-state index < -0.39 is 0 Å². The van der Waals surface area contributed by atoms with Gasteiger partial charge in [0.2, 0.25) is 0 Å². The van der Waals surface area contributed by atoms with Crippen LogP contribution >= 0.6 is 0 Å². The molecule has 0 radical (unpaired) electrons. The fraction of sp³-hybridized carbons (Fsp3) is 1.00. The molecule has 120 valence electrons.